The first-order valence-corrected chi connectivity index (χ1v) is 8.43. The van der Waals surface area contributed by atoms with Crippen LogP contribution in [0.25, 0.3) is 6.08 Å². The topological polar surface area (TPSA) is 47.6 Å². The lowest BCUT2D eigenvalue weighted by Gasteiger charge is -2.14. The molecular formula is C21H25NO3. The van der Waals surface area contributed by atoms with Gasteiger partial charge in [-0.15, -0.1) is 0 Å². The van der Waals surface area contributed by atoms with Crippen molar-refractivity contribution in [1.29, 1.82) is 0 Å². The molecule has 0 aromatic heterocycles. The Morgan fingerprint density at radius 2 is 1.88 bits per heavy atom. The predicted molar refractivity (Wildman–Crippen MR) is 102 cm³/mol. The van der Waals surface area contributed by atoms with E-state index in [1.165, 1.54) is 0 Å². The number of benzene rings is 2. The van der Waals surface area contributed by atoms with E-state index >= 15 is 0 Å². The van der Waals surface area contributed by atoms with E-state index in [1.807, 2.05) is 42.5 Å². The van der Waals surface area contributed by atoms with Crippen molar-refractivity contribution in [3.8, 4) is 5.75 Å². The van der Waals surface area contributed by atoms with Crippen molar-refractivity contribution in [2.24, 2.45) is 0 Å². The fraction of sp³-hybridized carbons (Fsp3) is 0.286. The number of para-hydroxylation sites is 1. The van der Waals surface area contributed by atoms with Gasteiger partial charge in [-0.25, -0.2) is 0 Å². The quantitative estimate of drug-likeness (QED) is 0.553. The van der Waals surface area contributed by atoms with Crippen LogP contribution in [0.15, 0.2) is 54.6 Å². The molecule has 0 aliphatic rings. The summed E-state index contributed by atoms with van der Waals surface area (Å²) >= 11 is 0. The second-order valence-corrected chi connectivity index (χ2v) is 5.84. The summed E-state index contributed by atoms with van der Waals surface area (Å²) in [6.45, 7) is 4.52. The number of hydrogen-bond donors (Lipinski definition) is 1. The number of ether oxygens (including phenoxy) is 2. The van der Waals surface area contributed by atoms with E-state index in [-0.39, 0.29) is 12.7 Å². The summed E-state index contributed by atoms with van der Waals surface area (Å²) in [5, 5.41) is 2.97. The minimum absolute atomic E-state index is 0.143. The van der Waals surface area contributed by atoms with E-state index in [0.29, 0.717) is 5.92 Å². The fourth-order valence-electron chi connectivity index (χ4n) is 2.41. The number of rotatable bonds is 8. The lowest BCUT2D eigenvalue weighted by atomic mass is 9.97. The highest BCUT2D eigenvalue weighted by atomic mass is 16.7. The van der Waals surface area contributed by atoms with E-state index in [1.54, 1.807) is 19.3 Å². The minimum atomic E-state index is -0.143. The summed E-state index contributed by atoms with van der Waals surface area (Å²) in [5.74, 6) is 0.988. The zero-order valence-corrected chi connectivity index (χ0v) is 15.0. The molecule has 0 radical (unpaired) electrons. The molecule has 4 heteroatoms. The molecule has 1 atom stereocenters. The molecule has 0 spiro atoms. The van der Waals surface area contributed by atoms with E-state index < -0.39 is 0 Å². The first-order chi connectivity index (χ1) is 12.1. The van der Waals surface area contributed by atoms with Crippen LogP contribution in [-0.4, -0.2) is 19.8 Å². The van der Waals surface area contributed by atoms with Crippen molar-refractivity contribution in [2.75, 3.05) is 19.2 Å². The van der Waals surface area contributed by atoms with Gasteiger partial charge in [-0.2, -0.15) is 0 Å². The second kappa shape index (κ2) is 9.64. The maximum Gasteiger partial charge on any atom is 0.248 e. The van der Waals surface area contributed by atoms with Gasteiger partial charge in [0, 0.05) is 18.9 Å². The lowest BCUT2D eigenvalue weighted by Crippen LogP contribution is -2.10. The number of carbonyl (C=O) groups excluding carboxylic acids is 1. The number of carbonyl (C=O) groups is 1. The Morgan fingerprint density at radius 1 is 1.16 bits per heavy atom. The number of methoxy groups -OCH3 is 1. The molecule has 2 aromatic carbocycles. The van der Waals surface area contributed by atoms with Crippen molar-refractivity contribution in [3.05, 3.63) is 65.7 Å². The Hall–Kier alpha value is -2.59. The zero-order valence-electron chi connectivity index (χ0n) is 15.0. The molecule has 1 unspecified atom stereocenters. The molecule has 0 saturated heterocycles. The molecule has 0 aliphatic carbocycles. The van der Waals surface area contributed by atoms with Gasteiger partial charge >= 0.3 is 0 Å². The van der Waals surface area contributed by atoms with Crippen LogP contribution in [0.2, 0.25) is 0 Å². The van der Waals surface area contributed by atoms with Gasteiger partial charge in [0.05, 0.1) is 0 Å². The zero-order chi connectivity index (χ0) is 18.1. The van der Waals surface area contributed by atoms with Gasteiger partial charge in [0.2, 0.25) is 5.91 Å². The molecule has 1 N–H and O–H groups in total. The molecule has 4 nitrogen and oxygen atoms in total. The molecular weight excluding hydrogens is 314 g/mol. The molecule has 2 aromatic rings. The van der Waals surface area contributed by atoms with E-state index in [9.17, 15) is 4.79 Å². The molecule has 0 aliphatic heterocycles. The third kappa shape index (κ3) is 5.76. The molecule has 0 saturated carbocycles. The van der Waals surface area contributed by atoms with Crippen LogP contribution in [0.4, 0.5) is 5.69 Å². The number of amides is 1. The normalized spacial score (nSPS) is 12.1. The Morgan fingerprint density at radius 3 is 2.56 bits per heavy atom. The maximum absolute atomic E-state index is 12.2. The van der Waals surface area contributed by atoms with E-state index in [2.05, 4.69) is 25.2 Å². The van der Waals surface area contributed by atoms with Gasteiger partial charge in [-0.1, -0.05) is 44.2 Å². The van der Waals surface area contributed by atoms with Gasteiger partial charge in [-0.3, -0.25) is 4.79 Å². The minimum Gasteiger partial charge on any atom is -0.468 e. The van der Waals surface area contributed by atoms with Gasteiger partial charge in [0.15, 0.2) is 6.79 Å². The third-order valence-corrected chi connectivity index (χ3v) is 4.01. The van der Waals surface area contributed by atoms with Crippen molar-refractivity contribution in [1.82, 2.24) is 0 Å². The number of nitrogens with one attached hydrogen (secondary N) is 1. The molecule has 2 rings (SSSR count). The summed E-state index contributed by atoms with van der Waals surface area (Å²) in [4.78, 5) is 12.2. The molecule has 0 fully saturated rings. The number of anilines is 1. The lowest BCUT2D eigenvalue weighted by molar-refractivity contribution is -0.111. The summed E-state index contributed by atoms with van der Waals surface area (Å²) in [6.07, 6.45) is 4.35. The van der Waals surface area contributed by atoms with Crippen LogP contribution < -0.4 is 10.1 Å². The summed E-state index contributed by atoms with van der Waals surface area (Å²) in [7, 11) is 1.58. The van der Waals surface area contributed by atoms with Crippen LogP contribution >= 0.6 is 0 Å². The molecule has 0 heterocycles. The first kappa shape index (κ1) is 18.7. The van der Waals surface area contributed by atoms with Crippen LogP contribution in [0, 0.1) is 0 Å². The highest BCUT2D eigenvalue weighted by Crippen LogP contribution is 2.26. The standard InChI is InChI=1S/C21H25NO3/c1-4-16(2)19-7-5-6-8-20(19)22-21(23)14-11-17-9-12-18(13-10-17)25-15-24-3/h5-14,16H,4,15H2,1-3H3,(H,22,23)/b14-11+. The van der Waals surface area contributed by atoms with Crippen molar-refractivity contribution in [2.45, 2.75) is 26.2 Å². The van der Waals surface area contributed by atoms with Crippen LogP contribution in [-0.2, 0) is 9.53 Å². The SMILES string of the molecule is CCC(C)c1ccccc1NC(=O)/C=C/c1ccc(OCOC)cc1. The van der Waals surface area contributed by atoms with Crippen LogP contribution in [0.5, 0.6) is 5.75 Å². The van der Waals surface area contributed by atoms with Gasteiger partial charge in [-0.05, 0) is 47.7 Å². The number of hydrogen-bond acceptors (Lipinski definition) is 3. The Labute approximate surface area is 149 Å². The van der Waals surface area contributed by atoms with Gasteiger partial charge in [0.25, 0.3) is 0 Å². The predicted octanol–water partition coefficient (Wildman–Crippen LogP) is 4.83. The molecule has 25 heavy (non-hydrogen) atoms. The fourth-order valence-corrected chi connectivity index (χ4v) is 2.41. The van der Waals surface area contributed by atoms with Crippen LogP contribution in [0.3, 0.4) is 0 Å². The second-order valence-electron chi connectivity index (χ2n) is 5.84. The molecule has 1 amide bonds. The Balaban J connectivity index is 1.99. The first-order valence-electron chi connectivity index (χ1n) is 8.43. The largest absolute Gasteiger partial charge is 0.468 e. The average molecular weight is 339 g/mol. The average Bonchev–Trinajstić information content (AvgIpc) is 2.65. The van der Waals surface area contributed by atoms with E-state index in [0.717, 1.165) is 29.0 Å². The van der Waals surface area contributed by atoms with Crippen molar-refractivity contribution < 1.29 is 14.3 Å². The van der Waals surface area contributed by atoms with Crippen molar-refractivity contribution >= 4 is 17.7 Å². The molecule has 132 valence electrons. The monoisotopic (exact) mass is 339 g/mol. The molecule has 0 bridgehead atoms. The Kier molecular flexibility index (Phi) is 7.23. The highest BCUT2D eigenvalue weighted by molar-refractivity contribution is 6.02. The van der Waals surface area contributed by atoms with Gasteiger partial charge in [0.1, 0.15) is 5.75 Å². The smallest absolute Gasteiger partial charge is 0.248 e. The Bertz CT molecular complexity index is 707. The maximum atomic E-state index is 12.2. The van der Waals surface area contributed by atoms with Gasteiger partial charge < -0.3 is 14.8 Å². The van der Waals surface area contributed by atoms with Crippen molar-refractivity contribution in [3.63, 3.8) is 0 Å². The highest BCUT2D eigenvalue weighted by Gasteiger charge is 2.09. The summed E-state index contributed by atoms with van der Waals surface area (Å²) < 4.78 is 10.2. The third-order valence-electron chi connectivity index (χ3n) is 4.01. The van der Waals surface area contributed by atoms with Crippen LogP contribution in [0.1, 0.15) is 37.3 Å². The summed E-state index contributed by atoms with van der Waals surface area (Å²) in [5.41, 5.74) is 2.95. The van der Waals surface area contributed by atoms with E-state index in [4.69, 9.17) is 9.47 Å². The summed E-state index contributed by atoms with van der Waals surface area (Å²) in [6, 6.07) is 15.4.